The van der Waals surface area contributed by atoms with Gasteiger partial charge in [0.05, 0.1) is 0 Å². The van der Waals surface area contributed by atoms with Crippen molar-refractivity contribution in [3.05, 3.63) is 59.2 Å². The van der Waals surface area contributed by atoms with Crippen LogP contribution in [0.25, 0.3) is 0 Å². The van der Waals surface area contributed by atoms with E-state index in [1.165, 1.54) is 22.4 Å². The predicted molar refractivity (Wildman–Crippen MR) is 121 cm³/mol. The summed E-state index contributed by atoms with van der Waals surface area (Å²) in [6.45, 7) is 4.91. The largest absolute Gasteiger partial charge is 0.378 e. The maximum Gasteiger partial charge on any atom is 0.193 e. The molecule has 2 aromatic rings. The molecule has 0 aromatic heterocycles. The topological polar surface area (TPSA) is 53.6 Å². The van der Waals surface area contributed by atoms with E-state index >= 15 is 0 Å². The Morgan fingerprint density at radius 1 is 1.04 bits per heavy atom. The van der Waals surface area contributed by atoms with Gasteiger partial charge in [-0.3, -0.25) is 4.99 Å². The second-order valence-corrected chi connectivity index (χ2v) is 6.36. The number of benzene rings is 2. The van der Waals surface area contributed by atoms with E-state index in [9.17, 15) is 0 Å². The summed E-state index contributed by atoms with van der Waals surface area (Å²) in [5.74, 6) is 0.473. The molecule has 0 aliphatic heterocycles. The number of aliphatic imine (C=N–C) groups is 1. The van der Waals surface area contributed by atoms with Crippen molar-refractivity contribution in [2.75, 3.05) is 30.9 Å². The van der Waals surface area contributed by atoms with E-state index in [2.05, 4.69) is 79.6 Å². The van der Waals surface area contributed by atoms with E-state index in [1.54, 1.807) is 0 Å². The van der Waals surface area contributed by atoms with Crippen LogP contribution >= 0.6 is 24.0 Å². The number of halogens is 1. The van der Waals surface area contributed by atoms with Crippen molar-refractivity contribution in [3.63, 3.8) is 0 Å². The molecule has 0 bridgehead atoms. The molecule has 0 saturated heterocycles. The van der Waals surface area contributed by atoms with Gasteiger partial charge >= 0.3 is 0 Å². The molecule has 0 aliphatic rings. The Morgan fingerprint density at radius 2 is 1.72 bits per heavy atom. The lowest BCUT2D eigenvalue weighted by Crippen LogP contribution is -2.23. The number of hydrogen-bond donors (Lipinski definition) is 2. The molecule has 0 fully saturated rings. The van der Waals surface area contributed by atoms with E-state index in [0.717, 1.165) is 25.1 Å². The Labute approximate surface area is 168 Å². The maximum absolute atomic E-state index is 5.96. The van der Waals surface area contributed by atoms with Crippen LogP contribution in [0.15, 0.2) is 47.5 Å². The zero-order valence-corrected chi connectivity index (χ0v) is 17.9. The van der Waals surface area contributed by atoms with Crippen LogP contribution in [0.5, 0.6) is 0 Å². The zero-order valence-electron chi connectivity index (χ0n) is 15.5. The second kappa shape index (κ2) is 10.3. The van der Waals surface area contributed by atoms with Crippen LogP contribution in [0.1, 0.15) is 23.1 Å². The van der Waals surface area contributed by atoms with Gasteiger partial charge in [-0.1, -0.05) is 18.2 Å². The molecule has 0 atom stereocenters. The summed E-state index contributed by atoms with van der Waals surface area (Å²) >= 11 is 0. The number of rotatable bonds is 6. The fourth-order valence-electron chi connectivity index (χ4n) is 2.45. The van der Waals surface area contributed by atoms with Gasteiger partial charge in [0.1, 0.15) is 0 Å². The Bertz CT molecular complexity index is 693. The molecule has 0 saturated carbocycles. The monoisotopic (exact) mass is 452 g/mol. The van der Waals surface area contributed by atoms with Gasteiger partial charge in [0.25, 0.3) is 0 Å². The molecule has 4 nitrogen and oxygen atoms in total. The highest BCUT2D eigenvalue weighted by Gasteiger charge is 1.99. The summed E-state index contributed by atoms with van der Waals surface area (Å²) in [4.78, 5) is 6.51. The Hall–Kier alpha value is -1.76. The van der Waals surface area contributed by atoms with Crippen molar-refractivity contribution in [2.24, 2.45) is 10.7 Å². The highest BCUT2D eigenvalue weighted by Crippen LogP contribution is 2.14. The van der Waals surface area contributed by atoms with Crippen molar-refractivity contribution < 1.29 is 0 Å². The van der Waals surface area contributed by atoms with Crippen molar-refractivity contribution in [1.29, 1.82) is 0 Å². The van der Waals surface area contributed by atoms with Crippen LogP contribution in [0, 0.1) is 13.8 Å². The first-order valence-electron chi connectivity index (χ1n) is 8.36. The van der Waals surface area contributed by atoms with Gasteiger partial charge in [-0.2, -0.15) is 0 Å². The summed E-state index contributed by atoms with van der Waals surface area (Å²) in [5, 5.41) is 3.15. The van der Waals surface area contributed by atoms with Crippen LogP contribution < -0.4 is 16.0 Å². The highest BCUT2D eigenvalue weighted by molar-refractivity contribution is 14.0. The smallest absolute Gasteiger partial charge is 0.193 e. The lowest BCUT2D eigenvalue weighted by molar-refractivity contribution is 0.832. The molecule has 2 aromatic carbocycles. The van der Waals surface area contributed by atoms with Crippen molar-refractivity contribution in [2.45, 2.75) is 26.7 Å². The lowest BCUT2D eigenvalue weighted by Gasteiger charge is -2.12. The molecule has 0 heterocycles. The standard InChI is InChI=1S/C20H28N4.HI/c1-15-7-10-18(14-16(15)2)23-20(21)22-13-5-6-17-8-11-19(12-9-17)24(3)4;/h7-12,14H,5-6,13H2,1-4H3,(H3,21,22,23);1H. The first kappa shape index (κ1) is 21.3. The third-order valence-corrected chi connectivity index (χ3v) is 4.14. The summed E-state index contributed by atoms with van der Waals surface area (Å²) in [7, 11) is 4.10. The quantitative estimate of drug-likeness (QED) is 0.297. The van der Waals surface area contributed by atoms with Crippen molar-refractivity contribution in [3.8, 4) is 0 Å². The third kappa shape index (κ3) is 6.94. The minimum Gasteiger partial charge on any atom is -0.378 e. The second-order valence-electron chi connectivity index (χ2n) is 6.36. The van der Waals surface area contributed by atoms with E-state index in [4.69, 9.17) is 5.73 Å². The van der Waals surface area contributed by atoms with E-state index in [1.807, 2.05) is 6.07 Å². The van der Waals surface area contributed by atoms with Gasteiger partial charge in [-0.25, -0.2) is 0 Å². The van der Waals surface area contributed by atoms with Gasteiger partial charge in [-0.05, 0) is 67.6 Å². The predicted octanol–water partition coefficient (Wildman–Crippen LogP) is 4.35. The van der Waals surface area contributed by atoms with E-state index < -0.39 is 0 Å². The Balaban J connectivity index is 0.00000312. The summed E-state index contributed by atoms with van der Waals surface area (Å²) in [6, 6.07) is 14.8. The summed E-state index contributed by atoms with van der Waals surface area (Å²) in [6.07, 6.45) is 1.99. The van der Waals surface area contributed by atoms with Crippen molar-refractivity contribution in [1.82, 2.24) is 0 Å². The number of nitrogens with zero attached hydrogens (tertiary/aromatic N) is 2. The summed E-state index contributed by atoms with van der Waals surface area (Å²) in [5.41, 5.74) is 12.0. The third-order valence-electron chi connectivity index (χ3n) is 4.14. The lowest BCUT2D eigenvalue weighted by atomic mass is 10.1. The number of hydrogen-bond acceptors (Lipinski definition) is 2. The minimum absolute atomic E-state index is 0. The molecule has 0 amide bonds. The first-order valence-corrected chi connectivity index (χ1v) is 8.36. The van der Waals surface area contributed by atoms with Gasteiger partial charge in [-0.15, -0.1) is 24.0 Å². The molecule has 0 aliphatic carbocycles. The van der Waals surface area contributed by atoms with Crippen LogP contribution in [-0.2, 0) is 6.42 Å². The fourth-order valence-corrected chi connectivity index (χ4v) is 2.45. The molecular weight excluding hydrogens is 423 g/mol. The minimum atomic E-state index is 0. The Kier molecular flexibility index (Phi) is 8.75. The molecule has 3 N–H and O–H groups in total. The molecule has 136 valence electrons. The van der Waals surface area contributed by atoms with E-state index in [-0.39, 0.29) is 24.0 Å². The zero-order chi connectivity index (χ0) is 17.5. The first-order chi connectivity index (χ1) is 11.5. The number of nitrogens with one attached hydrogen (secondary N) is 1. The normalized spacial score (nSPS) is 11.0. The SMILES string of the molecule is Cc1ccc(NC(N)=NCCCc2ccc(N(C)C)cc2)cc1C.I. The number of aryl methyl sites for hydroxylation is 3. The maximum atomic E-state index is 5.96. The van der Waals surface area contributed by atoms with Gasteiger partial charge in [0, 0.05) is 32.0 Å². The Morgan fingerprint density at radius 3 is 2.32 bits per heavy atom. The fraction of sp³-hybridized carbons (Fsp3) is 0.350. The van der Waals surface area contributed by atoms with E-state index in [0.29, 0.717) is 5.96 Å². The molecule has 0 unspecified atom stereocenters. The van der Waals surface area contributed by atoms with Crippen LogP contribution in [0.3, 0.4) is 0 Å². The van der Waals surface area contributed by atoms with Crippen LogP contribution in [-0.4, -0.2) is 26.6 Å². The van der Waals surface area contributed by atoms with Gasteiger partial charge < -0.3 is 16.0 Å². The average molecular weight is 452 g/mol. The number of anilines is 2. The number of nitrogens with two attached hydrogens (primary N) is 1. The highest BCUT2D eigenvalue weighted by atomic mass is 127. The van der Waals surface area contributed by atoms with Crippen LogP contribution in [0.2, 0.25) is 0 Å². The van der Waals surface area contributed by atoms with Crippen LogP contribution in [0.4, 0.5) is 11.4 Å². The summed E-state index contributed by atoms with van der Waals surface area (Å²) < 4.78 is 0. The molecular formula is C20H29IN4. The molecule has 25 heavy (non-hydrogen) atoms. The molecule has 5 heteroatoms. The van der Waals surface area contributed by atoms with Gasteiger partial charge in [0.2, 0.25) is 0 Å². The molecule has 0 spiro atoms. The average Bonchev–Trinajstić information content (AvgIpc) is 2.55. The van der Waals surface area contributed by atoms with Gasteiger partial charge in [0.15, 0.2) is 5.96 Å². The molecule has 0 radical (unpaired) electrons. The van der Waals surface area contributed by atoms with Crippen molar-refractivity contribution >= 4 is 41.3 Å². The molecule has 2 rings (SSSR count). The number of guanidine groups is 1.